The molecule has 1 fully saturated rings. The van der Waals surface area contributed by atoms with Crippen LogP contribution in [-0.2, 0) is 9.53 Å². The van der Waals surface area contributed by atoms with Crippen molar-refractivity contribution in [3.8, 4) is 0 Å². The standard InChI is InChI=1S/C21H24FN3O3/c1-13-11-25(12-14(2)28-13)20-8-7-18(10-19(20)22)24-21(27)16-5-4-6-17(9-16)23-15(3)26/h4-10,13-14H,11-12H2,1-3H3,(H,23,26)(H,24,27). The summed E-state index contributed by atoms with van der Waals surface area (Å²) in [6.07, 6.45) is 0.0526. The minimum Gasteiger partial charge on any atom is -0.372 e. The van der Waals surface area contributed by atoms with Crippen molar-refractivity contribution in [2.24, 2.45) is 0 Å². The lowest BCUT2D eigenvalue weighted by atomic mass is 10.1. The van der Waals surface area contributed by atoms with Crippen LogP contribution >= 0.6 is 0 Å². The minimum absolute atomic E-state index is 0.0263. The van der Waals surface area contributed by atoms with Gasteiger partial charge in [0.25, 0.3) is 5.91 Å². The highest BCUT2D eigenvalue weighted by molar-refractivity contribution is 6.05. The summed E-state index contributed by atoms with van der Waals surface area (Å²) in [6, 6.07) is 11.2. The Morgan fingerprint density at radius 2 is 1.71 bits per heavy atom. The van der Waals surface area contributed by atoms with E-state index in [2.05, 4.69) is 10.6 Å². The van der Waals surface area contributed by atoms with Crippen LogP contribution in [0, 0.1) is 5.82 Å². The minimum atomic E-state index is -0.397. The van der Waals surface area contributed by atoms with Gasteiger partial charge in [0.15, 0.2) is 0 Å². The Morgan fingerprint density at radius 3 is 2.36 bits per heavy atom. The van der Waals surface area contributed by atoms with Crippen molar-refractivity contribution in [3.05, 3.63) is 53.8 Å². The fraction of sp³-hybridized carbons (Fsp3) is 0.333. The van der Waals surface area contributed by atoms with E-state index in [-0.39, 0.29) is 24.0 Å². The molecule has 2 N–H and O–H groups in total. The first kappa shape index (κ1) is 19.8. The molecule has 28 heavy (non-hydrogen) atoms. The second-order valence-electron chi connectivity index (χ2n) is 7.04. The summed E-state index contributed by atoms with van der Waals surface area (Å²) >= 11 is 0. The lowest BCUT2D eigenvalue weighted by Crippen LogP contribution is -2.45. The van der Waals surface area contributed by atoms with Gasteiger partial charge in [-0.3, -0.25) is 9.59 Å². The molecule has 0 saturated carbocycles. The molecule has 148 valence electrons. The summed E-state index contributed by atoms with van der Waals surface area (Å²) in [7, 11) is 0. The maximum absolute atomic E-state index is 14.7. The molecule has 2 unspecified atom stereocenters. The predicted molar refractivity (Wildman–Crippen MR) is 107 cm³/mol. The topological polar surface area (TPSA) is 70.7 Å². The lowest BCUT2D eigenvalue weighted by molar-refractivity contribution is -0.114. The molecule has 1 aliphatic rings. The van der Waals surface area contributed by atoms with E-state index in [0.29, 0.717) is 35.7 Å². The second-order valence-corrected chi connectivity index (χ2v) is 7.04. The Kier molecular flexibility index (Phi) is 5.94. The molecule has 0 aliphatic carbocycles. The SMILES string of the molecule is CC(=O)Nc1cccc(C(=O)Nc2ccc(N3CC(C)OC(C)C3)c(F)c2)c1. The lowest BCUT2D eigenvalue weighted by Gasteiger charge is -2.37. The third-order valence-electron chi connectivity index (χ3n) is 4.41. The zero-order valence-electron chi connectivity index (χ0n) is 16.2. The first-order valence-electron chi connectivity index (χ1n) is 9.21. The Labute approximate surface area is 163 Å². The number of hydrogen-bond donors (Lipinski definition) is 2. The number of rotatable bonds is 4. The van der Waals surface area contributed by atoms with Gasteiger partial charge in [-0.2, -0.15) is 0 Å². The third kappa shape index (κ3) is 4.86. The molecule has 7 heteroatoms. The van der Waals surface area contributed by atoms with E-state index in [1.54, 1.807) is 36.4 Å². The fourth-order valence-electron chi connectivity index (χ4n) is 3.36. The summed E-state index contributed by atoms with van der Waals surface area (Å²) in [5.74, 6) is -0.999. The molecule has 1 saturated heterocycles. The first-order chi connectivity index (χ1) is 13.3. The van der Waals surface area contributed by atoms with Gasteiger partial charge in [-0.25, -0.2) is 4.39 Å². The molecule has 1 aliphatic heterocycles. The van der Waals surface area contributed by atoms with Crippen LogP contribution in [0.3, 0.4) is 0 Å². The number of anilines is 3. The van der Waals surface area contributed by atoms with Crippen molar-refractivity contribution in [2.45, 2.75) is 33.0 Å². The van der Waals surface area contributed by atoms with Crippen LogP contribution in [0.15, 0.2) is 42.5 Å². The number of hydrogen-bond acceptors (Lipinski definition) is 4. The maximum Gasteiger partial charge on any atom is 0.255 e. The van der Waals surface area contributed by atoms with E-state index < -0.39 is 5.82 Å². The Bertz CT molecular complexity index is 877. The Balaban J connectivity index is 1.72. The van der Waals surface area contributed by atoms with Crippen LogP contribution in [0.5, 0.6) is 0 Å². The largest absolute Gasteiger partial charge is 0.372 e. The normalized spacial score (nSPS) is 19.2. The zero-order valence-corrected chi connectivity index (χ0v) is 16.2. The van der Waals surface area contributed by atoms with Gasteiger partial charge in [0, 0.05) is 37.0 Å². The number of amides is 2. The summed E-state index contributed by atoms with van der Waals surface area (Å²) in [5, 5.41) is 5.32. The summed E-state index contributed by atoms with van der Waals surface area (Å²) in [6.45, 7) is 6.55. The molecule has 2 atom stereocenters. The fourth-order valence-corrected chi connectivity index (χ4v) is 3.36. The van der Waals surface area contributed by atoms with Crippen LogP contribution in [0.1, 0.15) is 31.1 Å². The summed E-state index contributed by atoms with van der Waals surface area (Å²) in [4.78, 5) is 25.6. The van der Waals surface area contributed by atoms with Crippen molar-refractivity contribution in [3.63, 3.8) is 0 Å². The van der Waals surface area contributed by atoms with Gasteiger partial charge in [0.1, 0.15) is 5.82 Å². The molecule has 0 radical (unpaired) electrons. The molecule has 0 spiro atoms. The third-order valence-corrected chi connectivity index (χ3v) is 4.41. The van der Waals surface area contributed by atoms with Crippen molar-refractivity contribution in [1.29, 1.82) is 0 Å². The molecule has 3 rings (SSSR count). The number of nitrogens with one attached hydrogen (secondary N) is 2. The Hall–Kier alpha value is -2.93. The monoisotopic (exact) mass is 385 g/mol. The van der Waals surface area contributed by atoms with Crippen molar-refractivity contribution >= 4 is 28.9 Å². The number of carbonyl (C=O) groups excluding carboxylic acids is 2. The van der Waals surface area contributed by atoms with Crippen LogP contribution in [0.25, 0.3) is 0 Å². The van der Waals surface area contributed by atoms with Gasteiger partial charge >= 0.3 is 0 Å². The molecule has 1 heterocycles. The van der Waals surface area contributed by atoms with E-state index >= 15 is 0 Å². The van der Waals surface area contributed by atoms with E-state index in [4.69, 9.17) is 4.74 Å². The Morgan fingerprint density at radius 1 is 1.04 bits per heavy atom. The van der Waals surface area contributed by atoms with Gasteiger partial charge < -0.3 is 20.3 Å². The van der Waals surface area contributed by atoms with Gasteiger partial charge in [-0.15, -0.1) is 0 Å². The zero-order chi connectivity index (χ0) is 20.3. The van der Waals surface area contributed by atoms with Crippen molar-refractivity contribution in [1.82, 2.24) is 0 Å². The molecule has 2 aromatic carbocycles. The first-order valence-corrected chi connectivity index (χ1v) is 9.21. The predicted octanol–water partition coefficient (Wildman–Crippen LogP) is 3.65. The van der Waals surface area contributed by atoms with Gasteiger partial charge in [-0.1, -0.05) is 6.07 Å². The smallest absolute Gasteiger partial charge is 0.255 e. The van der Waals surface area contributed by atoms with E-state index in [0.717, 1.165) is 0 Å². The van der Waals surface area contributed by atoms with Gasteiger partial charge in [0.05, 0.1) is 17.9 Å². The quantitative estimate of drug-likeness (QED) is 0.843. The average molecular weight is 385 g/mol. The molecule has 2 amide bonds. The highest BCUT2D eigenvalue weighted by Gasteiger charge is 2.24. The van der Waals surface area contributed by atoms with Gasteiger partial charge in [0.2, 0.25) is 5.91 Å². The van der Waals surface area contributed by atoms with E-state index in [1.807, 2.05) is 18.7 Å². The number of halogens is 1. The van der Waals surface area contributed by atoms with E-state index in [1.165, 1.54) is 13.0 Å². The molecule has 2 aromatic rings. The van der Waals surface area contributed by atoms with Crippen molar-refractivity contribution < 1.29 is 18.7 Å². The van der Waals surface area contributed by atoms with E-state index in [9.17, 15) is 14.0 Å². The van der Waals surface area contributed by atoms with Crippen LogP contribution in [0.4, 0.5) is 21.5 Å². The molecule has 0 bridgehead atoms. The van der Waals surface area contributed by atoms with Crippen LogP contribution < -0.4 is 15.5 Å². The molecular weight excluding hydrogens is 361 g/mol. The molecule has 6 nitrogen and oxygen atoms in total. The molecular formula is C21H24FN3O3. The maximum atomic E-state index is 14.7. The summed E-state index contributed by atoms with van der Waals surface area (Å²) < 4.78 is 20.4. The molecule has 0 aromatic heterocycles. The highest BCUT2D eigenvalue weighted by atomic mass is 19.1. The summed E-state index contributed by atoms with van der Waals surface area (Å²) in [5.41, 5.74) is 1.75. The van der Waals surface area contributed by atoms with Crippen molar-refractivity contribution in [2.75, 3.05) is 28.6 Å². The number of benzene rings is 2. The number of morpholine rings is 1. The van der Waals surface area contributed by atoms with Crippen LogP contribution in [0.2, 0.25) is 0 Å². The number of ether oxygens (including phenoxy) is 1. The second kappa shape index (κ2) is 8.39. The van der Waals surface area contributed by atoms with Crippen LogP contribution in [-0.4, -0.2) is 37.1 Å². The number of carbonyl (C=O) groups is 2. The van der Waals surface area contributed by atoms with Gasteiger partial charge in [-0.05, 0) is 50.2 Å². The number of nitrogens with zero attached hydrogens (tertiary/aromatic N) is 1. The highest BCUT2D eigenvalue weighted by Crippen LogP contribution is 2.26. The average Bonchev–Trinajstić information content (AvgIpc) is 2.60.